The highest BCUT2D eigenvalue weighted by Gasteiger charge is 2.19. The fraction of sp³-hybridized carbons (Fsp3) is 0.941. The second-order valence-corrected chi connectivity index (χ2v) is 18.4. The van der Waals surface area contributed by atoms with Crippen LogP contribution in [-0.2, 0) is 28.6 Å². The SMILES string of the molecule is CCCCCCCCCCCCCCCCCCCCCC(=O)OC[C@H](COC(=O)CCCCCCCCCC(C)C)OC(=O)CCCCCCCCCC(C)C. The minimum atomic E-state index is -0.762. The molecule has 0 radical (unpaired) electrons. The van der Waals surface area contributed by atoms with Crippen molar-refractivity contribution in [3.8, 4) is 0 Å². The predicted molar refractivity (Wildman–Crippen MR) is 243 cm³/mol. The van der Waals surface area contributed by atoms with Crippen molar-refractivity contribution >= 4 is 17.9 Å². The molecule has 6 nitrogen and oxygen atoms in total. The predicted octanol–water partition coefficient (Wildman–Crippen LogP) is 16.1. The Bertz CT molecular complexity index is 870. The van der Waals surface area contributed by atoms with Crippen molar-refractivity contribution in [2.24, 2.45) is 11.8 Å². The molecular weight excluding hydrogens is 709 g/mol. The largest absolute Gasteiger partial charge is 0.462 e. The fourth-order valence-electron chi connectivity index (χ4n) is 7.64. The molecule has 0 bridgehead atoms. The first-order valence-electron chi connectivity index (χ1n) is 25.2. The van der Waals surface area contributed by atoms with Gasteiger partial charge in [0.05, 0.1) is 0 Å². The van der Waals surface area contributed by atoms with Crippen molar-refractivity contribution in [2.75, 3.05) is 13.2 Å². The molecule has 0 N–H and O–H groups in total. The Kier molecular flexibility index (Phi) is 42.7. The number of ether oxygens (including phenoxy) is 3. The van der Waals surface area contributed by atoms with Gasteiger partial charge < -0.3 is 14.2 Å². The first-order chi connectivity index (χ1) is 27.7. The standard InChI is InChI=1S/C51H98O6/c1-6-7-8-9-10-11-12-13-14-15-16-17-18-19-20-21-26-31-36-41-49(52)55-44-48(57-51(54)43-38-33-28-23-25-30-35-40-47(4)5)45-56-50(53)42-37-32-27-22-24-29-34-39-46(2)3/h46-48H,6-45H2,1-5H3/t48-/m1/s1. The number of esters is 3. The van der Waals surface area contributed by atoms with Gasteiger partial charge in [-0.05, 0) is 31.1 Å². The van der Waals surface area contributed by atoms with Crippen LogP contribution >= 0.6 is 0 Å². The van der Waals surface area contributed by atoms with Gasteiger partial charge in [-0.3, -0.25) is 14.4 Å². The van der Waals surface area contributed by atoms with Gasteiger partial charge in [0.25, 0.3) is 0 Å². The van der Waals surface area contributed by atoms with E-state index in [2.05, 4.69) is 34.6 Å². The Labute approximate surface area is 355 Å². The third-order valence-corrected chi connectivity index (χ3v) is 11.5. The van der Waals surface area contributed by atoms with E-state index in [-0.39, 0.29) is 31.1 Å². The van der Waals surface area contributed by atoms with Gasteiger partial charge >= 0.3 is 17.9 Å². The Hall–Kier alpha value is -1.59. The molecule has 0 aliphatic carbocycles. The summed E-state index contributed by atoms with van der Waals surface area (Å²) in [7, 11) is 0. The van der Waals surface area contributed by atoms with E-state index in [1.165, 1.54) is 167 Å². The first kappa shape index (κ1) is 55.4. The molecule has 0 aliphatic rings. The van der Waals surface area contributed by atoms with E-state index >= 15 is 0 Å². The molecule has 0 amide bonds. The maximum Gasteiger partial charge on any atom is 0.306 e. The molecule has 1 atom stereocenters. The molecule has 0 saturated carbocycles. The van der Waals surface area contributed by atoms with Gasteiger partial charge in [-0.2, -0.15) is 0 Å². The Morgan fingerprint density at radius 3 is 0.860 bits per heavy atom. The highest BCUT2D eigenvalue weighted by atomic mass is 16.6. The number of hydrogen-bond acceptors (Lipinski definition) is 6. The maximum atomic E-state index is 12.7. The van der Waals surface area contributed by atoms with Gasteiger partial charge in [-0.1, -0.05) is 240 Å². The third-order valence-electron chi connectivity index (χ3n) is 11.5. The molecule has 0 fully saturated rings. The molecule has 6 heteroatoms. The first-order valence-corrected chi connectivity index (χ1v) is 25.2. The van der Waals surface area contributed by atoms with Crippen LogP contribution in [0.3, 0.4) is 0 Å². The van der Waals surface area contributed by atoms with Crippen LogP contribution in [0.4, 0.5) is 0 Å². The molecule has 0 spiro atoms. The van der Waals surface area contributed by atoms with Crippen molar-refractivity contribution in [3.05, 3.63) is 0 Å². The van der Waals surface area contributed by atoms with E-state index < -0.39 is 6.10 Å². The van der Waals surface area contributed by atoms with E-state index in [0.717, 1.165) is 69.6 Å². The Morgan fingerprint density at radius 1 is 0.333 bits per heavy atom. The molecule has 0 rings (SSSR count). The van der Waals surface area contributed by atoms with E-state index in [1.807, 2.05) is 0 Å². The molecule has 0 aromatic heterocycles. The minimum Gasteiger partial charge on any atom is -0.462 e. The second-order valence-electron chi connectivity index (χ2n) is 18.4. The lowest BCUT2D eigenvalue weighted by Crippen LogP contribution is -2.30. The van der Waals surface area contributed by atoms with E-state index in [9.17, 15) is 14.4 Å². The minimum absolute atomic E-state index is 0.0653. The van der Waals surface area contributed by atoms with Crippen LogP contribution in [-0.4, -0.2) is 37.2 Å². The molecule has 0 heterocycles. The number of rotatable bonds is 45. The van der Waals surface area contributed by atoms with Crippen LogP contribution in [0.15, 0.2) is 0 Å². The van der Waals surface area contributed by atoms with Crippen LogP contribution in [0.1, 0.15) is 279 Å². The van der Waals surface area contributed by atoms with Crippen LogP contribution < -0.4 is 0 Å². The summed E-state index contributed by atoms with van der Waals surface area (Å²) < 4.78 is 16.7. The lowest BCUT2D eigenvalue weighted by atomic mass is 10.0. The van der Waals surface area contributed by atoms with Gasteiger partial charge in [0.15, 0.2) is 6.10 Å². The average molecular weight is 807 g/mol. The average Bonchev–Trinajstić information content (AvgIpc) is 3.18. The number of carbonyl (C=O) groups excluding carboxylic acids is 3. The molecule has 0 aromatic rings. The van der Waals surface area contributed by atoms with Crippen molar-refractivity contribution in [2.45, 2.75) is 285 Å². The maximum absolute atomic E-state index is 12.7. The van der Waals surface area contributed by atoms with E-state index in [4.69, 9.17) is 14.2 Å². The van der Waals surface area contributed by atoms with E-state index in [1.54, 1.807) is 0 Å². The summed E-state index contributed by atoms with van der Waals surface area (Å²) in [5.74, 6) is 0.701. The smallest absolute Gasteiger partial charge is 0.306 e. The summed E-state index contributed by atoms with van der Waals surface area (Å²) in [6.45, 7) is 11.3. The van der Waals surface area contributed by atoms with Crippen molar-refractivity contribution < 1.29 is 28.6 Å². The number of carbonyl (C=O) groups is 3. The molecule has 0 unspecified atom stereocenters. The lowest BCUT2D eigenvalue weighted by Gasteiger charge is -2.18. The second kappa shape index (κ2) is 44.0. The van der Waals surface area contributed by atoms with Crippen molar-refractivity contribution in [3.63, 3.8) is 0 Å². The van der Waals surface area contributed by atoms with Gasteiger partial charge in [-0.15, -0.1) is 0 Å². The van der Waals surface area contributed by atoms with Crippen LogP contribution in [0.2, 0.25) is 0 Å². The van der Waals surface area contributed by atoms with Crippen LogP contribution in [0, 0.1) is 11.8 Å². The molecule has 0 aromatic carbocycles. The lowest BCUT2D eigenvalue weighted by molar-refractivity contribution is -0.167. The van der Waals surface area contributed by atoms with Crippen molar-refractivity contribution in [1.82, 2.24) is 0 Å². The Balaban J connectivity index is 4.21. The summed E-state index contributed by atoms with van der Waals surface area (Å²) in [6.07, 6.45) is 44.0. The number of unbranched alkanes of at least 4 members (excludes halogenated alkanes) is 30. The molecular formula is C51H98O6. The molecule has 57 heavy (non-hydrogen) atoms. The van der Waals surface area contributed by atoms with Gasteiger partial charge in [-0.25, -0.2) is 0 Å². The summed E-state index contributed by atoms with van der Waals surface area (Å²) in [5.41, 5.74) is 0. The van der Waals surface area contributed by atoms with E-state index in [0.29, 0.717) is 19.3 Å². The zero-order valence-electron chi connectivity index (χ0n) is 39.0. The summed E-state index contributed by atoms with van der Waals surface area (Å²) in [4.78, 5) is 37.8. The monoisotopic (exact) mass is 807 g/mol. The van der Waals surface area contributed by atoms with Crippen LogP contribution in [0.25, 0.3) is 0 Å². The highest BCUT2D eigenvalue weighted by molar-refractivity contribution is 5.71. The van der Waals surface area contributed by atoms with Crippen LogP contribution in [0.5, 0.6) is 0 Å². The summed E-state index contributed by atoms with van der Waals surface area (Å²) in [5, 5.41) is 0. The quantitative estimate of drug-likeness (QED) is 0.0346. The topological polar surface area (TPSA) is 78.9 Å². The molecule has 0 aliphatic heterocycles. The van der Waals surface area contributed by atoms with Gasteiger partial charge in [0, 0.05) is 19.3 Å². The summed E-state index contributed by atoms with van der Waals surface area (Å²) >= 11 is 0. The third kappa shape index (κ3) is 45.3. The van der Waals surface area contributed by atoms with Crippen molar-refractivity contribution in [1.29, 1.82) is 0 Å². The molecule has 338 valence electrons. The fourth-order valence-corrected chi connectivity index (χ4v) is 7.64. The highest BCUT2D eigenvalue weighted by Crippen LogP contribution is 2.17. The van der Waals surface area contributed by atoms with Gasteiger partial charge in [0.2, 0.25) is 0 Å². The zero-order valence-corrected chi connectivity index (χ0v) is 39.0. The number of hydrogen-bond donors (Lipinski definition) is 0. The molecule has 0 saturated heterocycles. The zero-order chi connectivity index (χ0) is 41.9. The Morgan fingerprint density at radius 2 is 0.579 bits per heavy atom. The summed E-state index contributed by atoms with van der Waals surface area (Å²) in [6, 6.07) is 0. The normalized spacial score (nSPS) is 12.1. The van der Waals surface area contributed by atoms with Gasteiger partial charge in [0.1, 0.15) is 13.2 Å².